The van der Waals surface area contributed by atoms with Crippen molar-refractivity contribution in [2.75, 3.05) is 13.2 Å². The van der Waals surface area contributed by atoms with Gasteiger partial charge in [-0.3, -0.25) is 4.79 Å². The molecule has 0 saturated carbocycles. The Kier molecular flexibility index (Phi) is 3.17. The van der Waals surface area contributed by atoms with Crippen LogP contribution in [-0.4, -0.2) is 30.1 Å². The summed E-state index contributed by atoms with van der Waals surface area (Å²) in [5, 5.41) is 9.07. The summed E-state index contributed by atoms with van der Waals surface area (Å²) in [7, 11) is 0. The molecule has 1 aliphatic heterocycles. The molecule has 0 radical (unpaired) electrons. The Morgan fingerprint density at radius 1 is 1.29 bits per heavy atom. The van der Waals surface area contributed by atoms with E-state index in [1.165, 1.54) is 0 Å². The number of carboxylic acid groups (broad SMARTS) is 1. The predicted octanol–water partition coefficient (Wildman–Crippen LogP) is 1.64. The highest BCUT2D eigenvalue weighted by molar-refractivity contribution is 5.75. The maximum absolute atomic E-state index is 11.0. The van der Waals surface area contributed by atoms with Crippen molar-refractivity contribution in [2.24, 2.45) is 5.41 Å². The summed E-state index contributed by atoms with van der Waals surface area (Å²) in [5.74, 6) is -1.44. The molecule has 0 spiro atoms. The summed E-state index contributed by atoms with van der Waals surface area (Å²) >= 11 is 0. The van der Waals surface area contributed by atoms with Crippen molar-refractivity contribution in [1.82, 2.24) is 0 Å². The van der Waals surface area contributed by atoms with Crippen LogP contribution in [0.5, 0.6) is 0 Å². The van der Waals surface area contributed by atoms with Gasteiger partial charge in [-0.2, -0.15) is 0 Å². The van der Waals surface area contributed by atoms with Crippen LogP contribution in [0.3, 0.4) is 0 Å². The van der Waals surface area contributed by atoms with E-state index in [4.69, 9.17) is 14.6 Å². The molecular weight excluding hydrogens is 184 g/mol. The summed E-state index contributed by atoms with van der Waals surface area (Å²) in [6.07, 6.45) is 1.26. The molecule has 0 atom stereocenters. The second-order valence-electron chi connectivity index (χ2n) is 4.00. The first kappa shape index (κ1) is 11.5. The number of ether oxygens (including phenoxy) is 2. The van der Waals surface area contributed by atoms with E-state index in [2.05, 4.69) is 0 Å². The van der Waals surface area contributed by atoms with E-state index >= 15 is 0 Å². The largest absolute Gasteiger partial charge is 0.481 e. The molecule has 0 unspecified atom stereocenters. The molecule has 1 heterocycles. The molecule has 0 amide bonds. The molecule has 1 rings (SSSR count). The first-order chi connectivity index (χ1) is 6.48. The Morgan fingerprint density at radius 2 is 1.79 bits per heavy atom. The molecule has 0 aromatic heterocycles. The van der Waals surface area contributed by atoms with Crippen LogP contribution in [0.1, 0.15) is 33.6 Å². The second-order valence-corrected chi connectivity index (χ2v) is 4.00. The third-order valence-electron chi connectivity index (χ3n) is 3.08. The number of carbonyl (C=O) groups is 1. The highest BCUT2D eigenvalue weighted by atomic mass is 16.7. The molecule has 82 valence electrons. The summed E-state index contributed by atoms with van der Waals surface area (Å²) in [4.78, 5) is 11.0. The maximum Gasteiger partial charge on any atom is 0.314 e. The van der Waals surface area contributed by atoms with Gasteiger partial charge in [0.2, 0.25) is 0 Å². The molecule has 0 aromatic carbocycles. The van der Waals surface area contributed by atoms with Crippen LogP contribution in [-0.2, 0) is 14.3 Å². The normalized spacial score (nSPS) is 38.2. The summed E-state index contributed by atoms with van der Waals surface area (Å²) in [5.41, 5.74) is -0.852. The van der Waals surface area contributed by atoms with Gasteiger partial charge in [-0.05, 0) is 19.8 Å². The standard InChI is InChI=1S/C10H18O4/c1-4-9(3)13-6-10(5-2,7-14-9)8(11)12/h4-7H2,1-3H3,(H,11,12). The van der Waals surface area contributed by atoms with E-state index in [-0.39, 0.29) is 13.2 Å². The topological polar surface area (TPSA) is 55.8 Å². The minimum atomic E-state index is -0.852. The van der Waals surface area contributed by atoms with Gasteiger partial charge < -0.3 is 14.6 Å². The number of hydrogen-bond acceptors (Lipinski definition) is 3. The average Bonchev–Trinajstić information content (AvgIpc) is 2.19. The average molecular weight is 202 g/mol. The SMILES string of the molecule is CCC1(C)OCC(CC)(C(=O)O)CO1. The van der Waals surface area contributed by atoms with Crippen LogP contribution >= 0.6 is 0 Å². The van der Waals surface area contributed by atoms with Crippen molar-refractivity contribution >= 4 is 5.97 Å². The minimum Gasteiger partial charge on any atom is -0.481 e. The van der Waals surface area contributed by atoms with Crippen LogP contribution in [0.2, 0.25) is 0 Å². The second kappa shape index (κ2) is 3.87. The molecule has 0 bridgehead atoms. The number of aliphatic carboxylic acids is 1. The Bertz CT molecular complexity index is 216. The van der Waals surface area contributed by atoms with E-state index in [0.29, 0.717) is 6.42 Å². The summed E-state index contributed by atoms with van der Waals surface area (Å²) in [6.45, 7) is 6.12. The first-order valence-corrected chi connectivity index (χ1v) is 4.99. The smallest absolute Gasteiger partial charge is 0.314 e. The Balaban J connectivity index is 2.68. The van der Waals surface area contributed by atoms with E-state index in [9.17, 15) is 4.79 Å². The Morgan fingerprint density at radius 3 is 2.07 bits per heavy atom. The van der Waals surface area contributed by atoms with Crippen LogP contribution in [0.25, 0.3) is 0 Å². The number of carboxylic acids is 1. The van der Waals surface area contributed by atoms with Crippen molar-refractivity contribution in [3.63, 3.8) is 0 Å². The van der Waals surface area contributed by atoms with Crippen molar-refractivity contribution in [3.05, 3.63) is 0 Å². The molecule has 1 fully saturated rings. The third kappa shape index (κ3) is 1.91. The van der Waals surface area contributed by atoms with Gasteiger partial charge in [0.1, 0.15) is 5.41 Å². The lowest BCUT2D eigenvalue weighted by molar-refractivity contribution is -0.293. The molecule has 14 heavy (non-hydrogen) atoms. The van der Waals surface area contributed by atoms with E-state index in [0.717, 1.165) is 6.42 Å². The van der Waals surface area contributed by atoms with Gasteiger partial charge in [0.15, 0.2) is 5.79 Å². The highest BCUT2D eigenvalue weighted by Crippen LogP contribution is 2.34. The highest BCUT2D eigenvalue weighted by Gasteiger charge is 2.45. The van der Waals surface area contributed by atoms with Gasteiger partial charge in [0, 0.05) is 0 Å². The summed E-state index contributed by atoms with van der Waals surface area (Å²) < 4.78 is 11.0. The predicted molar refractivity (Wildman–Crippen MR) is 51.0 cm³/mol. The van der Waals surface area contributed by atoms with Gasteiger partial charge in [0.05, 0.1) is 13.2 Å². The van der Waals surface area contributed by atoms with Gasteiger partial charge in [-0.25, -0.2) is 0 Å². The number of rotatable bonds is 3. The fraction of sp³-hybridized carbons (Fsp3) is 0.900. The molecule has 1 N–H and O–H groups in total. The molecule has 0 aliphatic carbocycles. The lowest BCUT2D eigenvalue weighted by atomic mass is 9.86. The van der Waals surface area contributed by atoms with E-state index in [1.807, 2.05) is 20.8 Å². The molecule has 4 heteroatoms. The fourth-order valence-electron chi connectivity index (χ4n) is 1.35. The zero-order valence-corrected chi connectivity index (χ0v) is 9.00. The molecule has 1 saturated heterocycles. The van der Waals surface area contributed by atoms with Crippen molar-refractivity contribution in [2.45, 2.75) is 39.4 Å². The van der Waals surface area contributed by atoms with Gasteiger partial charge in [-0.15, -0.1) is 0 Å². The molecule has 4 nitrogen and oxygen atoms in total. The van der Waals surface area contributed by atoms with Crippen LogP contribution in [0, 0.1) is 5.41 Å². The minimum absolute atomic E-state index is 0.239. The van der Waals surface area contributed by atoms with E-state index in [1.54, 1.807) is 0 Å². The Labute approximate surface area is 84.2 Å². The van der Waals surface area contributed by atoms with Crippen molar-refractivity contribution < 1.29 is 19.4 Å². The third-order valence-corrected chi connectivity index (χ3v) is 3.08. The molecule has 1 aliphatic rings. The lowest BCUT2D eigenvalue weighted by Gasteiger charge is -2.41. The lowest BCUT2D eigenvalue weighted by Crippen LogP contribution is -2.51. The van der Waals surface area contributed by atoms with E-state index < -0.39 is 17.2 Å². The fourth-order valence-corrected chi connectivity index (χ4v) is 1.35. The van der Waals surface area contributed by atoms with Gasteiger partial charge in [0.25, 0.3) is 0 Å². The molecule has 0 aromatic rings. The molecular formula is C10H18O4. The van der Waals surface area contributed by atoms with Crippen molar-refractivity contribution in [1.29, 1.82) is 0 Å². The van der Waals surface area contributed by atoms with Gasteiger partial charge in [-0.1, -0.05) is 13.8 Å². The van der Waals surface area contributed by atoms with Crippen LogP contribution < -0.4 is 0 Å². The monoisotopic (exact) mass is 202 g/mol. The Hall–Kier alpha value is -0.610. The first-order valence-electron chi connectivity index (χ1n) is 4.99. The van der Waals surface area contributed by atoms with Crippen LogP contribution in [0.4, 0.5) is 0 Å². The zero-order valence-electron chi connectivity index (χ0n) is 9.00. The zero-order chi connectivity index (χ0) is 10.8. The summed E-state index contributed by atoms with van der Waals surface area (Å²) in [6, 6.07) is 0. The number of hydrogen-bond donors (Lipinski definition) is 1. The maximum atomic E-state index is 11.0. The quantitative estimate of drug-likeness (QED) is 0.755. The van der Waals surface area contributed by atoms with Crippen LogP contribution in [0.15, 0.2) is 0 Å². The van der Waals surface area contributed by atoms with Crippen molar-refractivity contribution in [3.8, 4) is 0 Å². The van der Waals surface area contributed by atoms with Gasteiger partial charge >= 0.3 is 5.97 Å².